The van der Waals surface area contributed by atoms with Gasteiger partial charge < -0.3 is 0 Å². The Hall–Kier alpha value is -1.56. The molecule has 2 rings (SSSR count). The van der Waals surface area contributed by atoms with Crippen molar-refractivity contribution in [2.24, 2.45) is 0 Å². The monoisotopic (exact) mass is 251 g/mol. The molecule has 0 heteroatoms. The average molecular weight is 251 g/mol. The minimum Gasteiger partial charge on any atom is -0.0654 e. The molecule has 0 atom stereocenters. The summed E-state index contributed by atoms with van der Waals surface area (Å²) >= 11 is 0. The number of aryl methyl sites for hydroxylation is 1. The number of hydrogen-bond acceptors (Lipinski definition) is 0. The minimum atomic E-state index is 0.572. The highest BCUT2D eigenvalue weighted by Crippen LogP contribution is 2.24. The van der Waals surface area contributed by atoms with E-state index in [-0.39, 0.29) is 0 Å². The topological polar surface area (TPSA) is 0 Å². The smallest absolute Gasteiger partial charge is 0.00990 e. The molecule has 0 saturated carbocycles. The molecule has 2 aromatic carbocycles. The van der Waals surface area contributed by atoms with Crippen molar-refractivity contribution in [3.05, 3.63) is 59.7 Å². The Bertz CT molecular complexity index is 523. The van der Waals surface area contributed by atoms with Gasteiger partial charge in [0.1, 0.15) is 0 Å². The molecule has 99 valence electrons. The van der Waals surface area contributed by atoms with Crippen LogP contribution in [0.4, 0.5) is 0 Å². The van der Waals surface area contributed by atoms with Crippen molar-refractivity contribution in [2.45, 2.75) is 46.0 Å². The van der Waals surface area contributed by atoms with E-state index in [1.165, 1.54) is 41.5 Å². The van der Waals surface area contributed by atoms with Crippen LogP contribution in [0.15, 0.2) is 42.5 Å². The molecule has 0 N–H and O–H groups in total. The van der Waals surface area contributed by atoms with E-state index in [4.69, 9.17) is 0 Å². The first-order valence-corrected chi connectivity index (χ1v) is 7.31. The SMILES string of the molecule is CCCCc1cc[c]c(-c2cccc(C(C)C)c2)c1. The molecule has 1 radical (unpaired) electrons. The number of hydrogen-bond donors (Lipinski definition) is 0. The summed E-state index contributed by atoms with van der Waals surface area (Å²) in [7, 11) is 0. The first-order chi connectivity index (χ1) is 9.20. The molecule has 0 nitrogen and oxygen atoms in total. The van der Waals surface area contributed by atoms with Crippen molar-refractivity contribution in [1.29, 1.82) is 0 Å². The zero-order valence-electron chi connectivity index (χ0n) is 12.2. The Labute approximate surface area is 117 Å². The van der Waals surface area contributed by atoms with Crippen LogP contribution in [0.2, 0.25) is 0 Å². The maximum atomic E-state index is 3.37. The summed E-state index contributed by atoms with van der Waals surface area (Å²) in [6.45, 7) is 6.71. The van der Waals surface area contributed by atoms with Gasteiger partial charge in [-0.05, 0) is 47.1 Å². The van der Waals surface area contributed by atoms with Crippen LogP contribution in [0.25, 0.3) is 11.1 Å². The molecule has 0 saturated heterocycles. The van der Waals surface area contributed by atoms with Crippen molar-refractivity contribution in [3.63, 3.8) is 0 Å². The molecule has 0 fully saturated rings. The summed E-state index contributed by atoms with van der Waals surface area (Å²) in [5.74, 6) is 0.572. The summed E-state index contributed by atoms with van der Waals surface area (Å²) < 4.78 is 0. The van der Waals surface area contributed by atoms with Gasteiger partial charge in [-0.3, -0.25) is 0 Å². The van der Waals surface area contributed by atoms with Gasteiger partial charge in [-0.1, -0.05) is 69.7 Å². The lowest BCUT2D eigenvalue weighted by molar-refractivity contribution is 0.795. The van der Waals surface area contributed by atoms with Crippen molar-refractivity contribution in [3.8, 4) is 11.1 Å². The molecule has 0 unspecified atom stereocenters. The summed E-state index contributed by atoms with van der Waals surface area (Å²) in [6.07, 6.45) is 3.67. The van der Waals surface area contributed by atoms with Gasteiger partial charge in [-0.25, -0.2) is 0 Å². The van der Waals surface area contributed by atoms with Crippen LogP contribution >= 0.6 is 0 Å². The van der Waals surface area contributed by atoms with Crippen LogP contribution in [0.3, 0.4) is 0 Å². The molecule has 0 amide bonds. The Kier molecular flexibility index (Phi) is 4.79. The molecule has 0 heterocycles. The fourth-order valence-electron chi connectivity index (χ4n) is 2.28. The molecular formula is C19H23. The van der Waals surface area contributed by atoms with Gasteiger partial charge in [0.05, 0.1) is 0 Å². The van der Waals surface area contributed by atoms with Crippen molar-refractivity contribution in [1.82, 2.24) is 0 Å². The number of rotatable bonds is 5. The molecule has 19 heavy (non-hydrogen) atoms. The Balaban J connectivity index is 2.28. The van der Waals surface area contributed by atoms with E-state index in [0.717, 1.165) is 0 Å². The van der Waals surface area contributed by atoms with Crippen LogP contribution in [0.5, 0.6) is 0 Å². The second kappa shape index (κ2) is 6.56. The first kappa shape index (κ1) is 13.9. The summed E-state index contributed by atoms with van der Waals surface area (Å²) in [4.78, 5) is 0. The van der Waals surface area contributed by atoms with E-state index >= 15 is 0 Å². The molecule has 2 aromatic rings. The van der Waals surface area contributed by atoms with E-state index in [1.54, 1.807) is 0 Å². The second-order valence-corrected chi connectivity index (χ2v) is 5.49. The number of benzene rings is 2. The highest BCUT2D eigenvalue weighted by atomic mass is 14.1. The van der Waals surface area contributed by atoms with Crippen LogP contribution in [-0.2, 0) is 6.42 Å². The van der Waals surface area contributed by atoms with Crippen molar-refractivity contribution >= 4 is 0 Å². The third kappa shape index (κ3) is 3.70. The van der Waals surface area contributed by atoms with Gasteiger partial charge >= 0.3 is 0 Å². The lowest BCUT2D eigenvalue weighted by atomic mass is 9.96. The summed E-state index contributed by atoms with van der Waals surface area (Å²) in [6, 6.07) is 18.7. The van der Waals surface area contributed by atoms with E-state index < -0.39 is 0 Å². The molecule has 0 aliphatic heterocycles. The van der Waals surface area contributed by atoms with E-state index in [1.807, 2.05) is 0 Å². The van der Waals surface area contributed by atoms with Gasteiger partial charge in [0, 0.05) is 0 Å². The van der Waals surface area contributed by atoms with E-state index in [0.29, 0.717) is 5.92 Å². The highest BCUT2D eigenvalue weighted by Gasteiger charge is 2.03. The zero-order chi connectivity index (χ0) is 13.7. The molecular weight excluding hydrogens is 228 g/mol. The molecule has 0 bridgehead atoms. The molecule has 0 spiro atoms. The zero-order valence-corrected chi connectivity index (χ0v) is 12.2. The van der Waals surface area contributed by atoms with Gasteiger partial charge in [-0.2, -0.15) is 0 Å². The lowest BCUT2D eigenvalue weighted by Crippen LogP contribution is -1.89. The second-order valence-electron chi connectivity index (χ2n) is 5.49. The standard InChI is InChI=1S/C19H23/c1-4-5-8-16-9-6-11-18(13-16)19-12-7-10-17(14-19)15(2)3/h6-7,9-10,12-15H,4-5,8H2,1-3H3. The van der Waals surface area contributed by atoms with Crippen LogP contribution in [0.1, 0.15) is 50.7 Å². The molecule has 0 aromatic heterocycles. The Morgan fingerprint density at radius 3 is 2.68 bits per heavy atom. The minimum absolute atomic E-state index is 0.572. The number of unbranched alkanes of at least 4 members (excludes halogenated alkanes) is 1. The average Bonchev–Trinajstić information content (AvgIpc) is 2.45. The maximum Gasteiger partial charge on any atom is -0.00990 e. The fourth-order valence-corrected chi connectivity index (χ4v) is 2.28. The van der Waals surface area contributed by atoms with Gasteiger partial charge in [0.2, 0.25) is 0 Å². The summed E-state index contributed by atoms with van der Waals surface area (Å²) in [5.41, 5.74) is 5.32. The maximum absolute atomic E-state index is 3.37. The highest BCUT2D eigenvalue weighted by molar-refractivity contribution is 5.64. The van der Waals surface area contributed by atoms with Gasteiger partial charge in [0.25, 0.3) is 0 Å². The van der Waals surface area contributed by atoms with Crippen molar-refractivity contribution in [2.75, 3.05) is 0 Å². The van der Waals surface area contributed by atoms with Crippen LogP contribution in [-0.4, -0.2) is 0 Å². The third-order valence-corrected chi connectivity index (χ3v) is 3.55. The van der Waals surface area contributed by atoms with Gasteiger partial charge in [0.15, 0.2) is 0 Å². The Morgan fingerprint density at radius 1 is 1.11 bits per heavy atom. The normalized spacial score (nSPS) is 10.9. The largest absolute Gasteiger partial charge is 0.0654 e. The first-order valence-electron chi connectivity index (χ1n) is 7.31. The predicted molar refractivity (Wildman–Crippen MR) is 83.4 cm³/mol. The molecule has 0 aliphatic rings. The Morgan fingerprint density at radius 2 is 1.95 bits per heavy atom. The summed E-state index contributed by atoms with van der Waals surface area (Å²) in [5, 5.41) is 0. The predicted octanol–water partition coefficient (Wildman–Crippen LogP) is 5.62. The van der Waals surface area contributed by atoms with Crippen LogP contribution in [0, 0.1) is 6.07 Å². The fraction of sp³-hybridized carbons (Fsp3) is 0.368. The van der Waals surface area contributed by atoms with E-state index in [9.17, 15) is 0 Å². The van der Waals surface area contributed by atoms with Crippen LogP contribution < -0.4 is 0 Å². The van der Waals surface area contributed by atoms with E-state index in [2.05, 4.69) is 69.3 Å². The quantitative estimate of drug-likeness (QED) is 0.647. The van der Waals surface area contributed by atoms with Gasteiger partial charge in [-0.15, -0.1) is 0 Å². The third-order valence-electron chi connectivity index (χ3n) is 3.55. The van der Waals surface area contributed by atoms with Crippen molar-refractivity contribution < 1.29 is 0 Å². The lowest BCUT2D eigenvalue weighted by Gasteiger charge is -2.09. The molecule has 0 aliphatic carbocycles.